The van der Waals surface area contributed by atoms with Gasteiger partial charge in [0.25, 0.3) is 5.56 Å². The van der Waals surface area contributed by atoms with Gasteiger partial charge in [0, 0.05) is 22.6 Å². The van der Waals surface area contributed by atoms with Crippen LogP contribution in [0.25, 0.3) is 16.7 Å². The zero-order valence-electron chi connectivity index (χ0n) is 17.3. The molecule has 2 aromatic carbocycles. The molecule has 160 valence electrons. The Morgan fingerprint density at radius 1 is 0.875 bits per heavy atom. The minimum Gasteiger partial charge on any atom is -0.424 e. The largest absolute Gasteiger partial charge is 0.424 e. The van der Waals surface area contributed by atoms with Gasteiger partial charge in [-0.2, -0.15) is 9.97 Å². The Hall–Kier alpha value is -4.53. The predicted molar refractivity (Wildman–Crippen MR) is 118 cm³/mol. The molecule has 0 atom stereocenters. The Balaban J connectivity index is 1.83. The number of carbonyl (C=O) groups excluding carboxylic acids is 2. The van der Waals surface area contributed by atoms with Crippen molar-refractivity contribution in [2.45, 2.75) is 13.8 Å². The molecule has 4 rings (SSSR count). The van der Waals surface area contributed by atoms with Crippen LogP contribution < -0.4 is 21.8 Å². The molecule has 0 aliphatic rings. The quantitative estimate of drug-likeness (QED) is 0.499. The molecule has 9 nitrogen and oxygen atoms in total. The number of amides is 2. The van der Waals surface area contributed by atoms with E-state index < -0.39 is 11.8 Å². The molecule has 2 aromatic heterocycles. The van der Waals surface area contributed by atoms with Crippen molar-refractivity contribution in [2.75, 3.05) is 0 Å². The number of ether oxygens (including phenoxy) is 1. The number of rotatable bonds is 5. The van der Waals surface area contributed by atoms with Crippen molar-refractivity contribution in [3.63, 3.8) is 0 Å². The molecule has 4 N–H and O–H groups in total. The highest BCUT2D eigenvalue weighted by molar-refractivity contribution is 5.93. The van der Waals surface area contributed by atoms with Gasteiger partial charge in [0.05, 0.1) is 11.4 Å². The van der Waals surface area contributed by atoms with Crippen LogP contribution in [-0.2, 0) is 0 Å². The van der Waals surface area contributed by atoms with Crippen molar-refractivity contribution in [3.05, 3.63) is 87.3 Å². The first-order valence-corrected chi connectivity index (χ1v) is 9.63. The summed E-state index contributed by atoms with van der Waals surface area (Å²) >= 11 is 0. The lowest BCUT2D eigenvalue weighted by Gasteiger charge is -2.13. The molecule has 32 heavy (non-hydrogen) atoms. The van der Waals surface area contributed by atoms with E-state index >= 15 is 0 Å². The van der Waals surface area contributed by atoms with Gasteiger partial charge in [-0.3, -0.25) is 19.0 Å². The molecule has 0 aliphatic carbocycles. The number of pyridine rings is 1. The Kier molecular flexibility index (Phi) is 5.15. The average Bonchev–Trinajstić information content (AvgIpc) is 2.75. The zero-order valence-corrected chi connectivity index (χ0v) is 17.3. The van der Waals surface area contributed by atoms with Crippen molar-refractivity contribution >= 4 is 22.8 Å². The lowest BCUT2D eigenvalue weighted by molar-refractivity contribution is 0.0992. The number of benzene rings is 2. The fraction of sp³-hybridized carbons (Fsp3) is 0.0870. The topological polar surface area (TPSA) is 143 Å². The smallest absolute Gasteiger partial charge is 0.324 e. The third kappa shape index (κ3) is 3.79. The van der Waals surface area contributed by atoms with E-state index in [1.54, 1.807) is 50.2 Å². The molecule has 0 unspecified atom stereocenters. The fourth-order valence-electron chi connectivity index (χ4n) is 3.33. The number of nitrogens with zero attached hydrogens (tertiary/aromatic N) is 3. The number of aryl methyl sites for hydroxylation is 2. The van der Waals surface area contributed by atoms with E-state index in [0.717, 1.165) is 0 Å². The highest BCUT2D eigenvalue weighted by Gasteiger charge is 2.14. The van der Waals surface area contributed by atoms with Gasteiger partial charge < -0.3 is 16.2 Å². The molecule has 0 fully saturated rings. The van der Waals surface area contributed by atoms with Gasteiger partial charge in [0.2, 0.25) is 11.8 Å². The van der Waals surface area contributed by atoms with Crippen molar-refractivity contribution in [3.8, 4) is 17.4 Å². The van der Waals surface area contributed by atoms with Gasteiger partial charge in [-0.25, -0.2) is 0 Å². The van der Waals surface area contributed by atoms with Crippen molar-refractivity contribution in [1.82, 2.24) is 14.5 Å². The molecular formula is C23H19N5O4. The first-order valence-electron chi connectivity index (χ1n) is 9.63. The molecule has 4 aromatic rings. The van der Waals surface area contributed by atoms with Crippen LogP contribution in [0.5, 0.6) is 11.8 Å². The highest BCUT2D eigenvalue weighted by Crippen LogP contribution is 2.26. The van der Waals surface area contributed by atoms with Crippen LogP contribution in [0.15, 0.2) is 59.4 Å². The number of primary amides is 2. The van der Waals surface area contributed by atoms with E-state index in [9.17, 15) is 14.4 Å². The Bertz CT molecular complexity index is 1440. The molecule has 2 amide bonds. The minimum atomic E-state index is -0.562. The van der Waals surface area contributed by atoms with Crippen molar-refractivity contribution in [1.29, 1.82) is 0 Å². The Labute approximate surface area is 182 Å². The summed E-state index contributed by atoms with van der Waals surface area (Å²) in [6.07, 6.45) is 0. The maximum absolute atomic E-state index is 12.7. The molecular weight excluding hydrogens is 410 g/mol. The van der Waals surface area contributed by atoms with Crippen LogP contribution in [0, 0.1) is 13.8 Å². The summed E-state index contributed by atoms with van der Waals surface area (Å²) in [4.78, 5) is 44.3. The van der Waals surface area contributed by atoms with E-state index in [0.29, 0.717) is 44.9 Å². The third-order valence-electron chi connectivity index (χ3n) is 4.99. The molecule has 0 bridgehead atoms. The molecule has 0 radical (unpaired) electrons. The fourth-order valence-corrected chi connectivity index (χ4v) is 3.33. The summed E-state index contributed by atoms with van der Waals surface area (Å²) in [6, 6.07) is 14.2. The predicted octanol–water partition coefficient (Wildman–Crippen LogP) is 2.39. The first-order chi connectivity index (χ1) is 15.2. The summed E-state index contributed by atoms with van der Waals surface area (Å²) in [6.45, 7) is 3.55. The summed E-state index contributed by atoms with van der Waals surface area (Å²) < 4.78 is 7.27. The van der Waals surface area contributed by atoms with Crippen LogP contribution in [0.3, 0.4) is 0 Å². The average molecular weight is 429 g/mol. The Morgan fingerprint density at radius 2 is 1.53 bits per heavy atom. The second kappa shape index (κ2) is 7.95. The number of carbonyl (C=O) groups is 2. The minimum absolute atomic E-state index is 0.0398. The number of aromatic nitrogens is 3. The lowest BCUT2D eigenvalue weighted by Crippen LogP contribution is -2.19. The lowest BCUT2D eigenvalue weighted by atomic mass is 10.1. The number of hydrogen-bond donors (Lipinski definition) is 2. The monoisotopic (exact) mass is 429 g/mol. The normalized spacial score (nSPS) is 10.8. The summed E-state index contributed by atoms with van der Waals surface area (Å²) in [7, 11) is 0. The van der Waals surface area contributed by atoms with Gasteiger partial charge in [-0.05, 0) is 67.9 Å². The van der Waals surface area contributed by atoms with Crippen molar-refractivity contribution < 1.29 is 14.3 Å². The number of fused-ring (bicyclic) bond motifs is 1. The number of nitrogens with two attached hydrogens (primary N) is 2. The molecule has 0 aliphatic heterocycles. The van der Waals surface area contributed by atoms with E-state index in [2.05, 4.69) is 9.97 Å². The SMILES string of the molecule is Cc1cc(C(N)=O)ccc1Oc1nc(C)c2ccc(=O)n(-c3ccc(C(N)=O)cc3)c2n1. The second-order valence-corrected chi connectivity index (χ2v) is 7.19. The van der Waals surface area contributed by atoms with Crippen LogP contribution >= 0.6 is 0 Å². The highest BCUT2D eigenvalue weighted by atomic mass is 16.5. The van der Waals surface area contributed by atoms with Gasteiger partial charge in [0.1, 0.15) is 5.75 Å². The maximum atomic E-state index is 12.7. The van der Waals surface area contributed by atoms with E-state index in [1.165, 1.54) is 22.8 Å². The van der Waals surface area contributed by atoms with Crippen LogP contribution in [0.1, 0.15) is 32.0 Å². The number of hydrogen-bond acceptors (Lipinski definition) is 6. The van der Waals surface area contributed by atoms with Gasteiger partial charge >= 0.3 is 6.01 Å². The van der Waals surface area contributed by atoms with E-state index in [-0.39, 0.29) is 11.6 Å². The van der Waals surface area contributed by atoms with Gasteiger partial charge in [-0.1, -0.05) is 0 Å². The van der Waals surface area contributed by atoms with Crippen LogP contribution in [-0.4, -0.2) is 26.3 Å². The summed E-state index contributed by atoms with van der Waals surface area (Å²) in [5, 5.41) is 0.664. The summed E-state index contributed by atoms with van der Waals surface area (Å²) in [5.41, 5.74) is 13.1. The second-order valence-electron chi connectivity index (χ2n) is 7.19. The maximum Gasteiger partial charge on any atom is 0.324 e. The van der Waals surface area contributed by atoms with Gasteiger partial charge in [-0.15, -0.1) is 0 Å². The zero-order chi connectivity index (χ0) is 23.0. The van der Waals surface area contributed by atoms with Crippen molar-refractivity contribution in [2.24, 2.45) is 11.5 Å². The first kappa shape index (κ1) is 20.7. The standard InChI is InChI=1S/C23H19N5O4/c1-12-11-15(21(25)31)5-9-18(12)32-23-26-13(2)17-8-10-19(29)28(22(17)27-23)16-6-3-14(4-7-16)20(24)30/h3-11H,1-2H3,(H2,24,30)(H2,25,31). The Morgan fingerprint density at radius 3 is 2.16 bits per heavy atom. The van der Waals surface area contributed by atoms with E-state index in [4.69, 9.17) is 16.2 Å². The molecule has 0 spiro atoms. The molecule has 0 saturated carbocycles. The molecule has 9 heteroatoms. The van der Waals surface area contributed by atoms with Crippen LogP contribution in [0.4, 0.5) is 0 Å². The summed E-state index contributed by atoms with van der Waals surface area (Å²) in [5.74, 6) is -0.651. The third-order valence-corrected chi connectivity index (χ3v) is 4.99. The molecule has 0 saturated heterocycles. The van der Waals surface area contributed by atoms with E-state index in [1.807, 2.05) is 0 Å². The van der Waals surface area contributed by atoms with Crippen LogP contribution in [0.2, 0.25) is 0 Å². The van der Waals surface area contributed by atoms with Gasteiger partial charge in [0.15, 0.2) is 5.65 Å². The molecule has 2 heterocycles.